The molecule has 5 heteroatoms. The molecule has 4 rings (SSSR count). The van der Waals surface area contributed by atoms with Crippen molar-refractivity contribution in [2.24, 2.45) is 0 Å². The summed E-state index contributed by atoms with van der Waals surface area (Å²) in [4.78, 5) is 12.1. The zero-order valence-electron chi connectivity index (χ0n) is 14.8. The quantitative estimate of drug-likeness (QED) is 0.505. The topological polar surface area (TPSA) is 60.4 Å². The summed E-state index contributed by atoms with van der Waals surface area (Å²) in [6.07, 6.45) is 3.55. The Balaban J connectivity index is 1.93. The standard InChI is InChI=1S/C22H18O4S/c1-27(24,25)20-9-8-18(13-19-10-11-26-22(19)23)21(14-20)17-7-6-15-4-2-3-5-16(15)12-17/h2-9,12-14H,10-11H2,1H3/b19-13-. The second-order valence-corrected chi connectivity index (χ2v) is 8.65. The van der Waals surface area contributed by atoms with Gasteiger partial charge in [-0.15, -0.1) is 0 Å². The molecule has 4 nitrogen and oxygen atoms in total. The van der Waals surface area contributed by atoms with E-state index in [1.807, 2.05) is 42.5 Å². The third-order valence-electron chi connectivity index (χ3n) is 4.71. The molecular formula is C22H18O4S. The molecule has 1 aliphatic heterocycles. The number of carbonyl (C=O) groups is 1. The van der Waals surface area contributed by atoms with Gasteiger partial charge >= 0.3 is 5.97 Å². The summed E-state index contributed by atoms with van der Waals surface area (Å²) in [7, 11) is -3.34. The van der Waals surface area contributed by atoms with Gasteiger partial charge in [0.05, 0.1) is 11.5 Å². The molecule has 0 aliphatic carbocycles. The SMILES string of the molecule is CS(=O)(=O)c1ccc(/C=C2/CCOC2=O)c(-c2ccc3ccccc3c2)c1. The summed E-state index contributed by atoms with van der Waals surface area (Å²) in [6.45, 7) is 0.386. The second-order valence-electron chi connectivity index (χ2n) is 6.64. The first-order valence-electron chi connectivity index (χ1n) is 8.63. The van der Waals surface area contributed by atoms with Crippen LogP contribution >= 0.6 is 0 Å². The van der Waals surface area contributed by atoms with Crippen molar-refractivity contribution in [1.29, 1.82) is 0 Å². The molecule has 3 aromatic carbocycles. The van der Waals surface area contributed by atoms with Crippen LogP contribution in [0.4, 0.5) is 0 Å². The molecular weight excluding hydrogens is 360 g/mol. The smallest absolute Gasteiger partial charge is 0.334 e. The van der Waals surface area contributed by atoms with Gasteiger partial charge in [0, 0.05) is 18.2 Å². The number of cyclic esters (lactones) is 1. The van der Waals surface area contributed by atoms with Crippen LogP contribution in [0.1, 0.15) is 12.0 Å². The first-order valence-corrected chi connectivity index (χ1v) is 10.5. The second kappa shape index (κ2) is 6.67. The van der Waals surface area contributed by atoms with Crippen molar-refractivity contribution in [1.82, 2.24) is 0 Å². The highest BCUT2D eigenvalue weighted by Crippen LogP contribution is 2.32. The molecule has 0 atom stereocenters. The normalized spacial score (nSPS) is 16.0. The van der Waals surface area contributed by atoms with Gasteiger partial charge in [-0.25, -0.2) is 13.2 Å². The van der Waals surface area contributed by atoms with Crippen molar-refractivity contribution in [3.8, 4) is 11.1 Å². The molecule has 1 aliphatic rings. The number of benzene rings is 3. The molecule has 0 radical (unpaired) electrons. The predicted octanol–water partition coefficient (Wildman–Crippen LogP) is 4.24. The average molecular weight is 378 g/mol. The fourth-order valence-electron chi connectivity index (χ4n) is 3.27. The Hall–Kier alpha value is -2.92. The van der Waals surface area contributed by atoms with Crippen LogP contribution in [-0.2, 0) is 19.4 Å². The Morgan fingerprint density at radius 3 is 2.44 bits per heavy atom. The predicted molar refractivity (Wildman–Crippen MR) is 106 cm³/mol. The number of fused-ring (bicyclic) bond motifs is 1. The molecule has 0 bridgehead atoms. The highest BCUT2D eigenvalue weighted by molar-refractivity contribution is 7.90. The van der Waals surface area contributed by atoms with Crippen LogP contribution in [-0.4, -0.2) is 27.2 Å². The number of rotatable bonds is 3. The van der Waals surface area contributed by atoms with E-state index in [4.69, 9.17) is 4.74 Å². The van der Waals surface area contributed by atoms with E-state index in [2.05, 4.69) is 0 Å². The van der Waals surface area contributed by atoms with Crippen LogP contribution in [0.2, 0.25) is 0 Å². The number of hydrogen-bond acceptors (Lipinski definition) is 4. The van der Waals surface area contributed by atoms with Crippen LogP contribution in [0.25, 0.3) is 28.0 Å². The van der Waals surface area contributed by atoms with Gasteiger partial charge in [0.25, 0.3) is 0 Å². The van der Waals surface area contributed by atoms with Gasteiger partial charge in [-0.3, -0.25) is 0 Å². The molecule has 0 spiro atoms. The monoisotopic (exact) mass is 378 g/mol. The van der Waals surface area contributed by atoms with E-state index in [1.165, 1.54) is 6.26 Å². The van der Waals surface area contributed by atoms with E-state index < -0.39 is 9.84 Å². The molecule has 0 aromatic heterocycles. The molecule has 0 amide bonds. The van der Waals surface area contributed by atoms with Gasteiger partial charge < -0.3 is 4.74 Å². The third kappa shape index (κ3) is 3.51. The maximum Gasteiger partial charge on any atom is 0.334 e. The lowest BCUT2D eigenvalue weighted by Gasteiger charge is -2.11. The van der Waals surface area contributed by atoms with E-state index >= 15 is 0 Å². The highest BCUT2D eigenvalue weighted by atomic mass is 32.2. The van der Waals surface area contributed by atoms with Gasteiger partial charge in [0.15, 0.2) is 9.84 Å². The van der Waals surface area contributed by atoms with Gasteiger partial charge in [-0.2, -0.15) is 0 Å². The van der Waals surface area contributed by atoms with Gasteiger partial charge in [0.2, 0.25) is 0 Å². The summed E-state index contributed by atoms with van der Waals surface area (Å²) in [5, 5.41) is 2.18. The summed E-state index contributed by atoms with van der Waals surface area (Å²) in [5.41, 5.74) is 3.07. The molecule has 27 heavy (non-hydrogen) atoms. The Morgan fingerprint density at radius 1 is 0.963 bits per heavy atom. The summed E-state index contributed by atoms with van der Waals surface area (Å²) < 4.78 is 29.1. The Labute approximate surface area is 158 Å². The number of esters is 1. The molecule has 3 aromatic rings. The van der Waals surface area contributed by atoms with E-state index in [9.17, 15) is 13.2 Å². The van der Waals surface area contributed by atoms with E-state index in [0.29, 0.717) is 18.6 Å². The highest BCUT2D eigenvalue weighted by Gasteiger charge is 2.20. The fraction of sp³-hybridized carbons (Fsp3) is 0.136. The summed E-state index contributed by atoms with van der Waals surface area (Å²) >= 11 is 0. The minimum absolute atomic E-state index is 0.252. The van der Waals surface area contributed by atoms with Crippen LogP contribution in [0, 0.1) is 0 Å². The molecule has 0 N–H and O–H groups in total. The Bertz CT molecular complexity index is 1190. The van der Waals surface area contributed by atoms with Crippen molar-refractivity contribution in [2.75, 3.05) is 12.9 Å². The minimum Gasteiger partial charge on any atom is -0.462 e. The van der Waals surface area contributed by atoms with Crippen LogP contribution in [0.5, 0.6) is 0 Å². The molecule has 136 valence electrons. The first kappa shape index (κ1) is 17.5. The molecule has 1 saturated heterocycles. The lowest BCUT2D eigenvalue weighted by molar-refractivity contribution is -0.134. The van der Waals surface area contributed by atoms with Crippen LogP contribution < -0.4 is 0 Å². The number of hydrogen-bond donors (Lipinski definition) is 0. The van der Waals surface area contributed by atoms with E-state index in [0.717, 1.165) is 27.5 Å². The largest absolute Gasteiger partial charge is 0.462 e. The number of sulfone groups is 1. The lowest BCUT2D eigenvalue weighted by Crippen LogP contribution is -1.99. The molecule has 1 fully saturated rings. The third-order valence-corrected chi connectivity index (χ3v) is 5.82. The van der Waals surface area contributed by atoms with Crippen LogP contribution in [0.15, 0.2) is 71.1 Å². The van der Waals surface area contributed by atoms with Crippen molar-refractivity contribution in [3.63, 3.8) is 0 Å². The molecule has 1 heterocycles. The van der Waals surface area contributed by atoms with Gasteiger partial charge in [-0.1, -0.05) is 42.5 Å². The average Bonchev–Trinajstić information content (AvgIpc) is 3.05. The van der Waals surface area contributed by atoms with Crippen LogP contribution in [0.3, 0.4) is 0 Å². The lowest BCUT2D eigenvalue weighted by atomic mass is 9.95. The Kier molecular flexibility index (Phi) is 4.32. The zero-order valence-corrected chi connectivity index (χ0v) is 15.6. The van der Waals surface area contributed by atoms with Crippen molar-refractivity contribution < 1.29 is 17.9 Å². The molecule has 0 saturated carbocycles. The molecule has 0 unspecified atom stereocenters. The maximum atomic E-state index is 12.0. The van der Waals surface area contributed by atoms with Crippen molar-refractivity contribution in [2.45, 2.75) is 11.3 Å². The fourth-order valence-corrected chi connectivity index (χ4v) is 3.91. The minimum atomic E-state index is -3.34. The van der Waals surface area contributed by atoms with Gasteiger partial charge in [0.1, 0.15) is 0 Å². The number of ether oxygens (including phenoxy) is 1. The summed E-state index contributed by atoms with van der Waals surface area (Å²) in [6, 6.07) is 19.0. The first-order chi connectivity index (χ1) is 12.9. The summed E-state index contributed by atoms with van der Waals surface area (Å²) in [5.74, 6) is -0.313. The van der Waals surface area contributed by atoms with Crippen molar-refractivity contribution in [3.05, 3.63) is 71.8 Å². The van der Waals surface area contributed by atoms with Crippen molar-refractivity contribution >= 4 is 32.7 Å². The zero-order chi connectivity index (χ0) is 19.0. The number of carbonyl (C=O) groups excluding carboxylic acids is 1. The van der Waals surface area contributed by atoms with E-state index in [1.54, 1.807) is 24.3 Å². The van der Waals surface area contributed by atoms with Gasteiger partial charge in [-0.05, 0) is 51.7 Å². The maximum absolute atomic E-state index is 12.0. The van der Waals surface area contributed by atoms with E-state index in [-0.39, 0.29) is 10.9 Å². The Morgan fingerprint density at radius 2 is 1.74 bits per heavy atom.